The monoisotopic (exact) mass is 445 g/mol. The Morgan fingerprint density at radius 2 is 1.93 bits per heavy atom. The third-order valence-electron chi connectivity index (χ3n) is 4.13. The lowest BCUT2D eigenvalue weighted by molar-refractivity contribution is -0.113. The number of thiophene rings is 1. The van der Waals surface area contributed by atoms with Gasteiger partial charge in [0, 0.05) is 12.6 Å². The van der Waals surface area contributed by atoms with Crippen molar-refractivity contribution >= 4 is 34.0 Å². The van der Waals surface area contributed by atoms with Crippen LogP contribution in [0.25, 0.3) is 11.4 Å². The zero-order valence-corrected chi connectivity index (χ0v) is 18.4. The van der Waals surface area contributed by atoms with Crippen molar-refractivity contribution in [2.75, 3.05) is 32.4 Å². The first kappa shape index (κ1) is 21.5. The van der Waals surface area contributed by atoms with Crippen LogP contribution in [0.4, 0.5) is 5.00 Å². The Hall–Kier alpha value is -3.23. The number of methoxy groups -OCH3 is 3. The maximum atomic E-state index is 12.2. The fourth-order valence-electron chi connectivity index (χ4n) is 2.69. The number of aromatic nitrogens is 3. The van der Waals surface area contributed by atoms with Gasteiger partial charge >= 0.3 is 0 Å². The molecule has 0 radical (unpaired) electrons. The van der Waals surface area contributed by atoms with E-state index in [0.717, 1.165) is 5.56 Å². The van der Waals surface area contributed by atoms with Crippen LogP contribution in [0.2, 0.25) is 0 Å². The second-order valence-corrected chi connectivity index (χ2v) is 7.75. The molecule has 11 heteroatoms. The third-order valence-corrected chi connectivity index (χ3v) is 5.98. The highest BCUT2D eigenvalue weighted by molar-refractivity contribution is 7.99. The highest BCUT2D eigenvalue weighted by atomic mass is 32.2. The average molecular weight is 446 g/mol. The molecule has 2 aromatic heterocycles. The number of carbonyl (C=O) groups is 1. The van der Waals surface area contributed by atoms with Gasteiger partial charge in [0.2, 0.25) is 11.7 Å². The number of hydrogen-bond acceptors (Lipinski definition) is 9. The van der Waals surface area contributed by atoms with Crippen molar-refractivity contribution < 1.29 is 19.0 Å². The van der Waals surface area contributed by atoms with Crippen molar-refractivity contribution in [1.29, 1.82) is 5.26 Å². The van der Waals surface area contributed by atoms with Gasteiger partial charge in [0.05, 0.1) is 32.6 Å². The Morgan fingerprint density at radius 3 is 2.53 bits per heavy atom. The van der Waals surface area contributed by atoms with Gasteiger partial charge < -0.3 is 24.1 Å². The molecular weight excluding hydrogens is 426 g/mol. The lowest BCUT2D eigenvalue weighted by Crippen LogP contribution is -2.14. The molecule has 2 heterocycles. The molecule has 156 valence electrons. The Kier molecular flexibility index (Phi) is 6.81. The first-order valence-electron chi connectivity index (χ1n) is 8.62. The zero-order chi connectivity index (χ0) is 21.7. The van der Waals surface area contributed by atoms with E-state index in [9.17, 15) is 4.79 Å². The molecule has 0 saturated heterocycles. The molecule has 0 aliphatic carbocycles. The van der Waals surface area contributed by atoms with E-state index in [1.165, 1.54) is 30.2 Å². The van der Waals surface area contributed by atoms with Crippen LogP contribution in [0, 0.1) is 11.3 Å². The van der Waals surface area contributed by atoms with E-state index >= 15 is 0 Å². The van der Waals surface area contributed by atoms with Crippen LogP contribution in [-0.4, -0.2) is 47.8 Å². The van der Waals surface area contributed by atoms with Gasteiger partial charge in [-0.25, -0.2) is 0 Å². The van der Waals surface area contributed by atoms with Gasteiger partial charge in [0.25, 0.3) is 0 Å². The molecule has 9 nitrogen and oxygen atoms in total. The minimum absolute atomic E-state index is 0.129. The first-order chi connectivity index (χ1) is 14.5. The van der Waals surface area contributed by atoms with E-state index < -0.39 is 0 Å². The summed E-state index contributed by atoms with van der Waals surface area (Å²) in [6.45, 7) is 0. The summed E-state index contributed by atoms with van der Waals surface area (Å²) >= 11 is 2.55. The summed E-state index contributed by atoms with van der Waals surface area (Å²) in [5, 5.41) is 23.1. The summed E-state index contributed by atoms with van der Waals surface area (Å²) in [4.78, 5) is 12.2. The van der Waals surface area contributed by atoms with Crippen molar-refractivity contribution in [2.45, 2.75) is 5.16 Å². The molecule has 0 spiro atoms. The first-order valence-corrected chi connectivity index (χ1v) is 10.5. The van der Waals surface area contributed by atoms with Crippen LogP contribution < -0.4 is 19.5 Å². The summed E-state index contributed by atoms with van der Waals surface area (Å²) in [5.41, 5.74) is 1.18. The number of benzene rings is 1. The Bertz CT molecular complexity index is 1080. The fourth-order valence-corrected chi connectivity index (χ4v) is 4.15. The number of anilines is 1. The molecule has 0 aliphatic rings. The van der Waals surface area contributed by atoms with E-state index in [1.807, 2.05) is 13.1 Å². The Morgan fingerprint density at radius 1 is 1.23 bits per heavy atom. The molecule has 0 unspecified atom stereocenters. The third kappa shape index (κ3) is 4.34. The molecule has 3 rings (SSSR count). The van der Waals surface area contributed by atoms with Gasteiger partial charge in [-0.05, 0) is 23.6 Å². The molecule has 30 heavy (non-hydrogen) atoms. The SMILES string of the molecule is COc1cc(-c2nnc(SCC(=O)Nc3sccc3C#N)n2C)cc(OC)c1OC. The highest BCUT2D eigenvalue weighted by Gasteiger charge is 2.19. The number of rotatable bonds is 8. The van der Waals surface area contributed by atoms with E-state index in [4.69, 9.17) is 19.5 Å². The molecule has 1 amide bonds. The molecule has 0 saturated carbocycles. The predicted molar refractivity (Wildman–Crippen MR) is 114 cm³/mol. The fraction of sp³-hybridized carbons (Fsp3) is 0.263. The minimum atomic E-state index is -0.226. The van der Waals surface area contributed by atoms with E-state index in [1.54, 1.807) is 42.4 Å². The van der Waals surface area contributed by atoms with Gasteiger partial charge in [0.15, 0.2) is 22.5 Å². The highest BCUT2D eigenvalue weighted by Crippen LogP contribution is 2.41. The molecule has 3 aromatic rings. The number of thioether (sulfide) groups is 1. The van der Waals surface area contributed by atoms with E-state index in [2.05, 4.69) is 15.5 Å². The van der Waals surface area contributed by atoms with Gasteiger partial charge in [0.1, 0.15) is 11.1 Å². The number of nitriles is 1. The van der Waals surface area contributed by atoms with Crippen LogP contribution in [0.15, 0.2) is 28.7 Å². The second kappa shape index (κ2) is 9.51. The van der Waals surface area contributed by atoms with E-state index in [0.29, 0.717) is 38.8 Å². The number of hydrogen-bond donors (Lipinski definition) is 1. The standard InChI is InChI=1S/C19H19N5O4S2/c1-24-17(12-7-13(26-2)16(28-4)14(8-12)27-3)22-23-19(24)30-10-15(25)21-18-11(9-20)5-6-29-18/h5-8H,10H2,1-4H3,(H,21,25). The van der Waals surface area contributed by atoms with Gasteiger partial charge in [-0.2, -0.15) is 5.26 Å². The number of ether oxygens (including phenoxy) is 3. The van der Waals surface area contributed by atoms with Gasteiger partial charge in [-0.1, -0.05) is 11.8 Å². The van der Waals surface area contributed by atoms with Crippen molar-refractivity contribution in [3.63, 3.8) is 0 Å². The Labute approximate surface area is 181 Å². The lowest BCUT2D eigenvalue weighted by atomic mass is 10.1. The number of carbonyl (C=O) groups excluding carboxylic acids is 1. The predicted octanol–water partition coefficient (Wildman–Crippen LogP) is 3.17. The average Bonchev–Trinajstić information content (AvgIpc) is 3.36. The van der Waals surface area contributed by atoms with Crippen LogP contribution in [0.3, 0.4) is 0 Å². The molecule has 0 atom stereocenters. The lowest BCUT2D eigenvalue weighted by Gasteiger charge is -2.14. The molecule has 1 aromatic carbocycles. The quantitative estimate of drug-likeness (QED) is 0.526. The normalized spacial score (nSPS) is 10.4. The van der Waals surface area contributed by atoms with Crippen LogP contribution >= 0.6 is 23.1 Å². The Balaban J connectivity index is 1.76. The summed E-state index contributed by atoms with van der Waals surface area (Å²) in [5.74, 6) is 1.99. The molecule has 0 fully saturated rings. The van der Waals surface area contributed by atoms with Crippen molar-refractivity contribution in [2.24, 2.45) is 7.05 Å². The number of amides is 1. The summed E-state index contributed by atoms with van der Waals surface area (Å²) < 4.78 is 17.9. The summed E-state index contributed by atoms with van der Waals surface area (Å²) in [6, 6.07) is 7.28. The smallest absolute Gasteiger partial charge is 0.235 e. The largest absolute Gasteiger partial charge is 0.493 e. The topological polar surface area (TPSA) is 111 Å². The van der Waals surface area contributed by atoms with Crippen LogP contribution in [0.1, 0.15) is 5.56 Å². The molecule has 0 bridgehead atoms. The second-order valence-electron chi connectivity index (χ2n) is 5.89. The van der Waals surface area contributed by atoms with Crippen molar-refractivity contribution in [3.8, 4) is 34.7 Å². The molecular formula is C19H19N5O4S2. The van der Waals surface area contributed by atoms with Crippen LogP contribution in [-0.2, 0) is 11.8 Å². The minimum Gasteiger partial charge on any atom is -0.493 e. The number of nitrogens with one attached hydrogen (secondary N) is 1. The van der Waals surface area contributed by atoms with Crippen LogP contribution in [0.5, 0.6) is 17.2 Å². The summed E-state index contributed by atoms with van der Waals surface area (Å²) in [7, 11) is 6.44. The summed E-state index contributed by atoms with van der Waals surface area (Å²) in [6.07, 6.45) is 0. The maximum Gasteiger partial charge on any atom is 0.235 e. The molecule has 1 N–H and O–H groups in total. The maximum absolute atomic E-state index is 12.2. The van der Waals surface area contributed by atoms with Gasteiger partial charge in [-0.15, -0.1) is 21.5 Å². The molecule has 0 aliphatic heterocycles. The van der Waals surface area contributed by atoms with Gasteiger partial charge in [-0.3, -0.25) is 4.79 Å². The van der Waals surface area contributed by atoms with Crippen molar-refractivity contribution in [3.05, 3.63) is 29.1 Å². The number of nitrogens with zero attached hydrogens (tertiary/aromatic N) is 4. The van der Waals surface area contributed by atoms with E-state index in [-0.39, 0.29) is 11.7 Å². The zero-order valence-electron chi connectivity index (χ0n) is 16.8. The van der Waals surface area contributed by atoms with Crippen molar-refractivity contribution in [1.82, 2.24) is 14.8 Å².